The largest absolute Gasteiger partial charge is 0.352 e. The number of nitrogens with one attached hydrogen (secondary N) is 2. The fraction of sp³-hybridized carbons (Fsp3) is 0.900. The van der Waals surface area contributed by atoms with Gasteiger partial charge in [0.1, 0.15) is 0 Å². The van der Waals surface area contributed by atoms with Gasteiger partial charge < -0.3 is 10.6 Å². The zero-order valence-corrected chi connectivity index (χ0v) is 11.4. The lowest BCUT2D eigenvalue weighted by atomic mass is 10.1. The Labute approximate surface area is 103 Å². The molecule has 1 unspecified atom stereocenters. The van der Waals surface area contributed by atoms with E-state index in [1.54, 1.807) is 14.0 Å². The third-order valence-corrected chi connectivity index (χ3v) is 4.40. The van der Waals surface area contributed by atoms with Gasteiger partial charge in [0.2, 0.25) is 15.9 Å². The molecule has 100 valence electrons. The molecule has 7 heteroatoms. The molecule has 0 bridgehead atoms. The summed E-state index contributed by atoms with van der Waals surface area (Å²) < 4.78 is 24.1. The van der Waals surface area contributed by atoms with Gasteiger partial charge in [-0.15, -0.1) is 0 Å². The normalized spacial score (nSPS) is 21.1. The number of amides is 1. The van der Waals surface area contributed by atoms with E-state index in [0.29, 0.717) is 25.9 Å². The number of piperidine rings is 1. The van der Waals surface area contributed by atoms with E-state index in [1.165, 1.54) is 10.6 Å². The molecule has 1 fully saturated rings. The Morgan fingerprint density at radius 1 is 1.35 bits per heavy atom. The maximum atomic E-state index is 11.6. The Balaban J connectivity index is 2.40. The highest BCUT2D eigenvalue weighted by atomic mass is 32.2. The van der Waals surface area contributed by atoms with Crippen LogP contribution in [0.3, 0.4) is 0 Å². The molecule has 2 N–H and O–H groups in total. The van der Waals surface area contributed by atoms with Crippen molar-refractivity contribution in [3.8, 4) is 0 Å². The molecule has 1 atom stereocenters. The molecule has 1 heterocycles. The lowest BCUT2D eigenvalue weighted by Crippen LogP contribution is -2.50. The van der Waals surface area contributed by atoms with Crippen molar-refractivity contribution in [2.45, 2.75) is 31.8 Å². The lowest BCUT2D eigenvalue weighted by Gasteiger charge is -2.31. The number of rotatable bonds is 4. The van der Waals surface area contributed by atoms with E-state index in [2.05, 4.69) is 10.6 Å². The monoisotopic (exact) mass is 263 g/mol. The predicted octanol–water partition coefficient (Wildman–Crippen LogP) is -0.865. The van der Waals surface area contributed by atoms with Crippen LogP contribution in [0.25, 0.3) is 0 Å². The molecule has 1 amide bonds. The van der Waals surface area contributed by atoms with Crippen LogP contribution in [0.15, 0.2) is 0 Å². The zero-order valence-electron chi connectivity index (χ0n) is 10.6. The molecule has 0 radical (unpaired) electrons. The van der Waals surface area contributed by atoms with Gasteiger partial charge in [-0.1, -0.05) is 0 Å². The summed E-state index contributed by atoms with van der Waals surface area (Å²) in [4.78, 5) is 11.6. The topological polar surface area (TPSA) is 78.5 Å². The average Bonchev–Trinajstić information content (AvgIpc) is 2.27. The Bertz CT molecular complexity index is 361. The Morgan fingerprint density at radius 3 is 2.29 bits per heavy atom. The first-order valence-electron chi connectivity index (χ1n) is 5.77. The number of hydrogen-bond donors (Lipinski definition) is 2. The molecule has 1 saturated heterocycles. The molecule has 0 aromatic heterocycles. The standard InChI is InChI=1S/C10H21N3O3S/c1-8(11-2)10(14)12-9-4-6-13(7-5-9)17(3,15)16/h8-9,11H,4-7H2,1-3H3,(H,12,14). The summed E-state index contributed by atoms with van der Waals surface area (Å²) in [7, 11) is -1.36. The predicted molar refractivity (Wildman–Crippen MR) is 66.1 cm³/mol. The minimum Gasteiger partial charge on any atom is -0.352 e. The van der Waals surface area contributed by atoms with Crippen LogP contribution >= 0.6 is 0 Å². The van der Waals surface area contributed by atoms with Crippen LogP contribution in [0.2, 0.25) is 0 Å². The molecule has 1 aliphatic rings. The van der Waals surface area contributed by atoms with Gasteiger partial charge in [0.15, 0.2) is 0 Å². The maximum absolute atomic E-state index is 11.6. The molecule has 6 nitrogen and oxygen atoms in total. The van der Waals surface area contributed by atoms with E-state index in [4.69, 9.17) is 0 Å². The second-order valence-electron chi connectivity index (χ2n) is 4.46. The van der Waals surface area contributed by atoms with E-state index in [0.717, 1.165) is 0 Å². The van der Waals surface area contributed by atoms with Crippen molar-refractivity contribution in [2.75, 3.05) is 26.4 Å². The van der Waals surface area contributed by atoms with Crippen molar-refractivity contribution >= 4 is 15.9 Å². The van der Waals surface area contributed by atoms with E-state index < -0.39 is 10.0 Å². The molecule has 0 aromatic carbocycles. The number of likely N-dealkylation sites (N-methyl/N-ethyl adjacent to an activating group) is 1. The molecular formula is C10H21N3O3S. The van der Waals surface area contributed by atoms with E-state index >= 15 is 0 Å². The summed E-state index contributed by atoms with van der Waals surface area (Å²) in [6, 6.07) is -0.140. The minimum absolute atomic E-state index is 0.0368. The molecule has 1 rings (SSSR count). The van der Waals surface area contributed by atoms with Crippen LogP contribution in [-0.2, 0) is 14.8 Å². The van der Waals surface area contributed by atoms with Gasteiger partial charge in [0.25, 0.3) is 0 Å². The van der Waals surface area contributed by atoms with Crippen molar-refractivity contribution in [1.82, 2.24) is 14.9 Å². The summed E-state index contributed by atoms with van der Waals surface area (Å²) >= 11 is 0. The molecular weight excluding hydrogens is 242 g/mol. The summed E-state index contributed by atoms with van der Waals surface area (Å²) in [5.41, 5.74) is 0. The Kier molecular flexibility index (Phi) is 4.91. The van der Waals surface area contributed by atoms with Crippen LogP contribution in [0, 0.1) is 0 Å². The van der Waals surface area contributed by atoms with Crippen LogP contribution in [0.5, 0.6) is 0 Å². The molecule has 0 spiro atoms. The number of carbonyl (C=O) groups excluding carboxylic acids is 1. The molecule has 1 aliphatic heterocycles. The number of nitrogens with zero attached hydrogens (tertiary/aromatic N) is 1. The molecule has 0 saturated carbocycles. The minimum atomic E-state index is -3.09. The highest BCUT2D eigenvalue weighted by Gasteiger charge is 2.26. The van der Waals surface area contributed by atoms with Crippen molar-refractivity contribution in [1.29, 1.82) is 0 Å². The second-order valence-corrected chi connectivity index (χ2v) is 6.44. The fourth-order valence-corrected chi connectivity index (χ4v) is 2.66. The zero-order chi connectivity index (χ0) is 13.1. The first-order chi connectivity index (χ1) is 7.84. The van der Waals surface area contributed by atoms with Gasteiger partial charge in [-0.05, 0) is 26.8 Å². The molecule has 0 aliphatic carbocycles. The van der Waals surface area contributed by atoms with Crippen molar-refractivity contribution in [2.24, 2.45) is 0 Å². The average molecular weight is 263 g/mol. The Morgan fingerprint density at radius 2 is 1.88 bits per heavy atom. The highest BCUT2D eigenvalue weighted by Crippen LogP contribution is 2.13. The third kappa shape index (κ3) is 4.25. The summed E-state index contributed by atoms with van der Waals surface area (Å²) in [6.07, 6.45) is 2.57. The van der Waals surface area contributed by atoms with Gasteiger partial charge in [0.05, 0.1) is 12.3 Å². The van der Waals surface area contributed by atoms with Crippen molar-refractivity contribution < 1.29 is 13.2 Å². The van der Waals surface area contributed by atoms with Crippen molar-refractivity contribution in [3.05, 3.63) is 0 Å². The van der Waals surface area contributed by atoms with Crippen LogP contribution in [0.4, 0.5) is 0 Å². The summed E-state index contributed by atoms with van der Waals surface area (Å²) in [6.45, 7) is 2.76. The first-order valence-corrected chi connectivity index (χ1v) is 7.62. The van der Waals surface area contributed by atoms with Gasteiger partial charge >= 0.3 is 0 Å². The summed E-state index contributed by atoms with van der Waals surface area (Å²) in [5.74, 6) is -0.0368. The number of carbonyl (C=O) groups is 1. The smallest absolute Gasteiger partial charge is 0.237 e. The van der Waals surface area contributed by atoms with Gasteiger partial charge in [-0.25, -0.2) is 12.7 Å². The van der Waals surface area contributed by atoms with Crippen LogP contribution < -0.4 is 10.6 Å². The van der Waals surface area contributed by atoms with Gasteiger partial charge in [-0.2, -0.15) is 0 Å². The molecule has 17 heavy (non-hydrogen) atoms. The van der Waals surface area contributed by atoms with E-state index in [9.17, 15) is 13.2 Å². The Hall–Kier alpha value is -0.660. The van der Waals surface area contributed by atoms with Gasteiger partial charge in [-0.3, -0.25) is 4.79 Å². The van der Waals surface area contributed by atoms with E-state index in [-0.39, 0.29) is 18.0 Å². The quantitative estimate of drug-likeness (QED) is 0.691. The summed E-state index contributed by atoms with van der Waals surface area (Å²) in [5, 5.41) is 5.79. The van der Waals surface area contributed by atoms with Gasteiger partial charge in [0, 0.05) is 19.1 Å². The van der Waals surface area contributed by atoms with E-state index in [1.807, 2.05) is 0 Å². The maximum Gasteiger partial charge on any atom is 0.237 e. The second kappa shape index (κ2) is 5.79. The van der Waals surface area contributed by atoms with Crippen LogP contribution in [0.1, 0.15) is 19.8 Å². The highest BCUT2D eigenvalue weighted by molar-refractivity contribution is 7.88. The lowest BCUT2D eigenvalue weighted by molar-refractivity contribution is -0.123. The first kappa shape index (κ1) is 14.4. The third-order valence-electron chi connectivity index (χ3n) is 3.10. The fourth-order valence-electron chi connectivity index (χ4n) is 1.79. The SMILES string of the molecule is CNC(C)C(=O)NC1CCN(S(C)(=O)=O)CC1. The van der Waals surface area contributed by atoms with Crippen molar-refractivity contribution in [3.63, 3.8) is 0 Å². The van der Waals surface area contributed by atoms with Crippen LogP contribution in [-0.4, -0.2) is 57.1 Å². The number of sulfonamides is 1. The molecule has 0 aromatic rings. The number of hydrogen-bond acceptors (Lipinski definition) is 4.